The topological polar surface area (TPSA) is 37.8 Å². The summed E-state index contributed by atoms with van der Waals surface area (Å²) >= 11 is 3.54. The molecule has 0 fully saturated rings. The van der Waals surface area contributed by atoms with Crippen LogP contribution in [0.25, 0.3) is 0 Å². The van der Waals surface area contributed by atoms with Gasteiger partial charge in [-0.2, -0.15) is 0 Å². The van der Waals surface area contributed by atoms with E-state index < -0.39 is 0 Å². The van der Waals surface area contributed by atoms with Crippen LogP contribution in [0.1, 0.15) is 31.7 Å². The Hall–Kier alpha value is -0.640. The lowest BCUT2D eigenvalue weighted by molar-refractivity contribution is 0.703. The molecule has 2 atom stereocenters. The molecule has 4 heteroatoms. The van der Waals surface area contributed by atoms with E-state index in [2.05, 4.69) is 45.1 Å². The molecular formula is C11H18BrN3. The van der Waals surface area contributed by atoms with Crippen LogP contribution >= 0.6 is 15.9 Å². The summed E-state index contributed by atoms with van der Waals surface area (Å²) in [5, 5.41) is 3.34. The summed E-state index contributed by atoms with van der Waals surface area (Å²) in [7, 11) is 0. The minimum absolute atomic E-state index is 0.399. The van der Waals surface area contributed by atoms with Crippen LogP contribution in [-0.4, -0.2) is 20.8 Å². The highest BCUT2D eigenvalue weighted by molar-refractivity contribution is 9.09. The van der Waals surface area contributed by atoms with E-state index in [-0.39, 0.29) is 0 Å². The maximum Gasteiger partial charge on any atom is 0.145 e. The van der Waals surface area contributed by atoms with Crippen LogP contribution in [0.2, 0.25) is 0 Å². The molecule has 3 nitrogen and oxygen atoms in total. The highest BCUT2D eigenvalue weighted by atomic mass is 79.9. The number of hydrogen-bond acceptors (Lipinski definition) is 3. The normalized spacial score (nSPS) is 14.7. The molecule has 0 aliphatic carbocycles. The molecule has 0 saturated carbocycles. The zero-order valence-corrected chi connectivity index (χ0v) is 11.3. The molecule has 0 aliphatic heterocycles. The predicted octanol–water partition coefficient (Wildman–Crippen LogP) is 3.07. The van der Waals surface area contributed by atoms with E-state index in [1.54, 1.807) is 6.20 Å². The lowest BCUT2D eigenvalue weighted by Crippen LogP contribution is -2.19. The molecule has 0 spiro atoms. The van der Waals surface area contributed by atoms with Gasteiger partial charge < -0.3 is 5.32 Å². The number of hydrogen-bond donors (Lipinski definition) is 1. The zero-order valence-electron chi connectivity index (χ0n) is 9.71. The van der Waals surface area contributed by atoms with Crippen LogP contribution in [0.5, 0.6) is 0 Å². The second-order valence-electron chi connectivity index (χ2n) is 3.99. The smallest absolute Gasteiger partial charge is 0.145 e. The van der Waals surface area contributed by atoms with Gasteiger partial charge in [-0.1, -0.05) is 22.9 Å². The first-order valence-corrected chi connectivity index (χ1v) is 6.11. The summed E-state index contributed by atoms with van der Waals surface area (Å²) in [5.74, 6) is 0.860. The molecule has 84 valence electrons. The van der Waals surface area contributed by atoms with Gasteiger partial charge in [-0.3, -0.25) is 4.98 Å². The van der Waals surface area contributed by atoms with Crippen molar-refractivity contribution in [2.75, 3.05) is 5.32 Å². The fourth-order valence-electron chi connectivity index (χ4n) is 1.41. The van der Waals surface area contributed by atoms with Gasteiger partial charge in [0.1, 0.15) is 5.82 Å². The number of alkyl halides is 1. The number of aromatic nitrogens is 2. The summed E-state index contributed by atoms with van der Waals surface area (Å²) in [6.07, 6.45) is 2.85. The Kier molecular flexibility index (Phi) is 4.51. The van der Waals surface area contributed by atoms with E-state index in [4.69, 9.17) is 0 Å². The maximum atomic E-state index is 4.43. The van der Waals surface area contributed by atoms with Gasteiger partial charge in [-0.15, -0.1) is 0 Å². The molecule has 1 N–H and O–H groups in total. The van der Waals surface area contributed by atoms with Crippen molar-refractivity contribution in [3.05, 3.63) is 17.6 Å². The average molecular weight is 272 g/mol. The van der Waals surface area contributed by atoms with Crippen molar-refractivity contribution in [1.29, 1.82) is 0 Å². The number of rotatable bonds is 4. The maximum absolute atomic E-state index is 4.43. The van der Waals surface area contributed by atoms with Gasteiger partial charge in [0.25, 0.3) is 0 Å². The molecule has 0 amide bonds. The Morgan fingerprint density at radius 2 is 2.00 bits per heavy atom. The fraction of sp³-hybridized carbons (Fsp3) is 0.636. The van der Waals surface area contributed by atoms with Crippen molar-refractivity contribution < 1.29 is 0 Å². The Bertz CT molecular complexity index is 326. The largest absolute Gasteiger partial charge is 0.366 e. The first-order chi connectivity index (χ1) is 6.99. The predicted molar refractivity (Wildman–Crippen MR) is 67.6 cm³/mol. The van der Waals surface area contributed by atoms with Crippen LogP contribution in [0, 0.1) is 13.8 Å². The van der Waals surface area contributed by atoms with E-state index >= 15 is 0 Å². The number of aryl methyl sites for hydroxylation is 2. The summed E-state index contributed by atoms with van der Waals surface area (Å²) in [6.45, 7) is 8.24. The van der Waals surface area contributed by atoms with Crippen molar-refractivity contribution in [3.8, 4) is 0 Å². The molecule has 1 aromatic heterocycles. The third-order valence-corrected chi connectivity index (χ3v) is 2.64. The summed E-state index contributed by atoms with van der Waals surface area (Å²) in [5.41, 5.74) is 1.97. The van der Waals surface area contributed by atoms with Gasteiger partial charge in [-0.05, 0) is 27.2 Å². The molecule has 1 aromatic rings. The molecule has 0 aliphatic rings. The number of anilines is 1. The Morgan fingerprint density at radius 1 is 1.33 bits per heavy atom. The number of nitrogens with zero attached hydrogens (tertiary/aromatic N) is 2. The van der Waals surface area contributed by atoms with Gasteiger partial charge in [0.2, 0.25) is 0 Å². The minimum atomic E-state index is 0.399. The second-order valence-corrected chi connectivity index (χ2v) is 5.55. The highest BCUT2D eigenvalue weighted by Gasteiger charge is 2.07. The van der Waals surface area contributed by atoms with Crippen LogP contribution in [0.15, 0.2) is 6.20 Å². The van der Waals surface area contributed by atoms with Gasteiger partial charge >= 0.3 is 0 Å². The molecule has 1 rings (SSSR count). The average Bonchev–Trinajstić information content (AvgIpc) is 2.10. The molecular weight excluding hydrogens is 254 g/mol. The van der Waals surface area contributed by atoms with Crippen molar-refractivity contribution in [2.24, 2.45) is 0 Å². The second kappa shape index (κ2) is 5.45. The molecule has 0 saturated heterocycles. The van der Waals surface area contributed by atoms with Crippen molar-refractivity contribution in [2.45, 2.75) is 45.0 Å². The third-order valence-electron chi connectivity index (χ3n) is 2.26. The van der Waals surface area contributed by atoms with Gasteiger partial charge in [0.15, 0.2) is 0 Å². The van der Waals surface area contributed by atoms with E-state index in [0.29, 0.717) is 10.9 Å². The summed E-state index contributed by atoms with van der Waals surface area (Å²) in [4.78, 5) is 9.22. The molecule has 0 radical (unpaired) electrons. The molecule has 0 bridgehead atoms. The van der Waals surface area contributed by atoms with E-state index in [9.17, 15) is 0 Å². The fourth-order valence-corrected chi connectivity index (χ4v) is 1.97. The van der Waals surface area contributed by atoms with Gasteiger partial charge in [0, 0.05) is 10.9 Å². The van der Waals surface area contributed by atoms with Gasteiger partial charge in [0.05, 0.1) is 17.6 Å². The van der Waals surface area contributed by atoms with Crippen molar-refractivity contribution >= 4 is 21.7 Å². The SMILES string of the molecule is Cc1ncc(NC(C)CC(C)Br)nc1C. The van der Waals surface area contributed by atoms with Crippen molar-refractivity contribution in [3.63, 3.8) is 0 Å². The van der Waals surface area contributed by atoms with E-state index in [1.165, 1.54) is 0 Å². The summed E-state index contributed by atoms with van der Waals surface area (Å²) in [6, 6.07) is 0.399. The first-order valence-electron chi connectivity index (χ1n) is 5.20. The monoisotopic (exact) mass is 271 g/mol. The summed E-state index contributed by atoms with van der Waals surface area (Å²) < 4.78 is 0. The zero-order chi connectivity index (χ0) is 11.4. The Morgan fingerprint density at radius 3 is 2.53 bits per heavy atom. The van der Waals surface area contributed by atoms with E-state index in [0.717, 1.165) is 23.6 Å². The van der Waals surface area contributed by atoms with Crippen LogP contribution in [0.4, 0.5) is 5.82 Å². The molecule has 0 aromatic carbocycles. The molecule has 1 heterocycles. The standard InChI is InChI=1S/C11H18BrN3/c1-7(12)5-8(2)14-11-6-13-9(3)10(4)15-11/h6-8H,5H2,1-4H3,(H,14,15). The number of nitrogens with one attached hydrogen (secondary N) is 1. The minimum Gasteiger partial charge on any atom is -0.366 e. The molecule has 15 heavy (non-hydrogen) atoms. The Labute approximate surface area is 99.8 Å². The quantitative estimate of drug-likeness (QED) is 0.856. The first kappa shape index (κ1) is 12.4. The van der Waals surface area contributed by atoms with E-state index in [1.807, 2.05) is 13.8 Å². The highest BCUT2D eigenvalue weighted by Crippen LogP contribution is 2.12. The Balaban J connectivity index is 2.60. The molecule has 2 unspecified atom stereocenters. The third kappa shape index (κ3) is 4.16. The van der Waals surface area contributed by atoms with Crippen LogP contribution in [-0.2, 0) is 0 Å². The van der Waals surface area contributed by atoms with Gasteiger partial charge in [-0.25, -0.2) is 4.98 Å². The van der Waals surface area contributed by atoms with Crippen LogP contribution < -0.4 is 5.32 Å². The van der Waals surface area contributed by atoms with Crippen molar-refractivity contribution in [1.82, 2.24) is 9.97 Å². The lowest BCUT2D eigenvalue weighted by atomic mass is 10.2. The van der Waals surface area contributed by atoms with Crippen LogP contribution in [0.3, 0.4) is 0 Å². The lowest BCUT2D eigenvalue weighted by Gasteiger charge is -2.15. The number of halogens is 1.